The van der Waals surface area contributed by atoms with Gasteiger partial charge in [0, 0.05) is 5.39 Å². The van der Waals surface area contributed by atoms with Gasteiger partial charge in [-0.05, 0) is 6.07 Å². The molecule has 0 spiro atoms. The van der Waals surface area contributed by atoms with E-state index in [1.54, 1.807) is 12.1 Å². The van der Waals surface area contributed by atoms with Crippen LogP contribution >= 0.6 is 0 Å². The van der Waals surface area contributed by atoms with Crippen LogP contribution in [0.25, 0.3) is 11.0 Å². The summed E-state index contributed by atoms with van der Waals surface area (Å²) in [6.07, 6.45) is 0. The van der Waals surface area contributed by atoms with Gasteiger partial charge >= 0.3 is 35.2 Å². The third-order valence-electron chi connectivity index (χ3n) is 1.88. The summed E-state index contributed by atoms with van der Waals surface area (Å²) in [4.78, 5) is 11.1. The molecule has 1 aromatic heterocycles. The molecule has 4 nitrogen and oxygen atoms in total. The maximum absolute atomic E-state index is 11.5. The first-order valence-electron chi connectivity index (χ1n) is 3.87. The Morgan fingerprint density at radius 3 is 2.67 bits per heavy atom. The van der Waals surface area contributed by atoms with E-state index >= 15 is 0 Å². The molecule has 0 amide bonds. The molecule has 0 bridgehead atoms. The van der Waals surface area contributed by atoms with Gasteiger partial charge in [-0.2, -0.15) is 5.26 Å². The first kappa shape index (κ1) is 11.8. The van der Waals surface area contributed by atoms with E-state index in [-0.39, 0.29) is 40.5 Å². The van der Waals surface area contributed by atoms with Crippen LogP contribution in [0.2, 0.25) is 0 Å². The van der Waals surface area contributed by atoms with E-state index in [0.717, 1.165) is 0 Å². The van der Waals surface area contributed by atoms with Gasteiger partial charge in [0.15, 0.2) is 0 Å². The number of nitrogens with zero attached hydrogens (tertiary/aromatic N) is 1. The fraction of sp³-hybridized carbons (Fsp3) is 0. The molecule has 0 saturated carbocycles. The number of fused-ring (bicyclic) bond motifs is 1. The van der Waals surface area contributed by atoms with E-state index < -0.39 is 16.9 Å². The summed E-state index contributed by atoms with van der Waals surface area (Å²) in [5, 5.41) is 20.3. The normalized spacial score (nSPS) is 9.27. The van der Waals surface area contributed by atoms with Gasteiger partial charge in [0.2, 0.25) is 0 Å². The number of rotatable bonds is 0. The standard InChI is InChI=1S/C10H5NO3.Na/c11-5-7-9(12)6-3-1-2-4-8(6)14-10(7)13;/h1-4,12H;/q;+1/p-1. The molecular formula is C10H4NNaO3. The van der Waals surface area contributed by atoms with E-state index in [0.29, 0.717) is 0 Å². The summed E-state index contributed by atoms with van der Waals surface area (Å²) >= 11 is 0. The number of nitriles is 1. The van der Waals surface area contributed by atoms with E-state index in [2.05, 4.69) is 0 Å². The summed E-state index contributed by atoms with van der Waals surface area (Å²) in [7, 11) is 0. The average molecular weight is 209 g/mol. The van der Waals surface area contributed by atoms with Crippen molar-refractivity contribution in [2.24, 2.45) is 0 Å². The number of hydrogen-bond acceptors (Lipinski definition) is 4. The quantitative estimate of drug-likeness (QED) is 0.362. The molecule has 2 aromatic rings. The Kier molecular flexibility index (Phi) is 3.53. The van der Waals surface area contributed by atoms with Crippen molar-refractivity contribution in [3.63, 3.8) is 0 Å². The summed E-state index contributed by atoms with van der Waals surface area (Å²) in [6, 6.07) is 7.86. The largest absolute Gasteiger partial charge is 1.00 e. The Hall–Kier alpha value is -1.28. The molecule has 1 aromatic carbocycles. The van der Waals surface area contributed by atoms with Crippen molar-refractivity contribution in [1.29, 1.82) is 5.26 Å². The van der Waals surface area contributed by atoms with Crippen molar-refractivity contribution >= 4 is 11.0 Å². The van der Waals surface area contributed by atoms with Gasteiger partial charge in [0.25, 0.3) is 0 Å². The van der Waals surface area contributed by atoms with Crippen molar-refractivity contribution in [3.05, 3.63) is 40.2 Å². The maximum Gasteiger partial charge on any atom is 1.00 e. The van der Waals surface area contributed by atoms with Gasteiger partial charge < -0.3 is 9.52 Å². The molecule has 15 heavy (non-hydrogen) atoms. The fourth-order valence-corrected chi connectivity index (χ4v) is 1.22. The Labute approximate surface area is 107 Å². The van der Waals surface area contributed by atoms with Gasteiger partial charge in [-0.25, -0.2) is 4.79 Å². The number of benzene rings is 1. The van der Waals surface area contributed by atoms with E-state index in [1.807, 2.05) is 0 Å². The van der Waals surface area contributed by atoms with E-state index in [4.69, 9.17) is 9.68 Å². The summed E-state index contributed by atoms with van der Waals surface area (Å²) in [5.41, 5.74) is -1.14. The maximum atomic E-state index is 11.5. The molecule has 0 radical (unpaired) electrons. The Morgan fingerprint density at radius 1 is 1.33 bits per heavy atom. The van der Waals surface area contributed by atoms with E-state index in [9.17, 15) is 9.90 Å². The van der Waals surface area contributed by atoms with Crippen molar-refractivity contribution in [1.82, 2.24) is 0 Å². The Bertz CT molecular complexity index is 598. The van der Waals surface area contributed by atoms with Crippen molar-refractivity contribution in [2.45, 2.75) is 0 Å². The third kappa shape index (κ3) is 1.90. The van der Waals surface area contributed by atoms with Crippen LogP contribution in [-0.2, 0) is 0 Å². The second-order valence-electron chi connectivity index (χ2n) is 2.70. The minimum atomic E-state index is -0.879. The molecule has 0 fully saturated rings. The monoisotopic (exact) mass is 209 g/mol. The van der Waals surface area contributed by atoms with Crippen LogP contribution < -0.4 is 40.3 Å². The molecule has 0 unspecified atom stereocenters. The molecule has 0 N–H and O–H groups in total. The zero-order valence-electron chi connectivity index (χ0n) is 7.98. The second kappa shape index (κ2) is 4.49. The van der Waals surface area contributed by atoms with Gasteiger partial charge in [-0.1, -0.05) is 23.9 Å². The summed E-state index contributed by atoms with van der Waals surface area (Å²) < 4.78 is 4.79. The van der Waals surface area contributed by atoms with Gasteiger partial charge in [0.1, 0.15) is 17.2 Å². The number of hydrogen-bond donors (Lipinski definition) is 0. The SMILES string of the molecule is N#Cc1c([O-])c2ccccc2oc1=O.[Na+]. The Morgan fingerprint density at radius 2 is 2.00 bits per heavy atom. The summed E-state index contributed by atoms with van der Waals surface area (Å²) in [5.74, 6) is -0.570. The zero-order valence-corrected chi connectivity index (χ0v) is 9.98. The van der Waals surface area contributed by atoms with Crippen LogP contribution in [0.4, 0.5) is 0 Å². The molecule has 68 valence electrons. The first-order valence-corrected chi connectivity index (χ1v) is 3.87. The molecular weight excluding hydrogens is 205 g/mol. The van der Waals surface area contributed by atoms with Gasteiger partial charge in [-0.15, -0.1) is 0 Å². The van der Waals surface area contributed by atoms with Crippen LogP contribution in [0.5, 0.6) is 5.75 Å². The van der Waals surface area contributed by atoms with Crippen molar-refractivity contribution in [3.8, 4) is 11.8 Å². The average Bonchev–Trinajstić information content (AvgIpc) is 2.18. The fourth-order valence-electron chi connectivity index (χ4n) is 1.22. The molecule has 2 rings (SSSR count). The molecule has 0 saturated heterocycles. The van der Waals surface area contributed by atoms with Crippen LogP contribution in [0.3, 0.4) is 0 Å². The second-order valence-corrected chi connectivity index (χ2v) is 2.70. The third-order valence-corrected chi connectivity index (χ3v) is 1.88. The predicted molar refractivity (Wildman–Crippen MR) is 46.6 cm³/mol. The minimum Gasteiger partial charge on any atom is -0.871 e. The summed E-state index contributed by atoms with van der Waals surface area (Å²) in [6.45, 7) is 0. The molecule has 0 aliphatic carbocycles. The smallest absolute Gasteiger partial charge is 0.871 e. The molecule has 1 heterocycles. The van der Waals surface area contributed by atoms with Crippen molar-refractivity contribution in [2.75, 3.05) is 0 Å². The zero-order chi connectivity index (χ0) is 10.1. The van der Waals surface area contributed by atoms with Crippen LogP contribution in [-0.4, -0.2) is 0 Å². The first-order chi connectivity index (χ1) is 6.74. The molecule has 0 aliphatic rings. The van der Waals surface area contributed by atoms with Crippen LogP contribution in [0.15, 0.2) is 33.5 Å². The number of para-hydroxylation sites is 1. The van der Waals surface area contributed by atoms with Crippen LogP contribution in [0, 0.1) is 11.3 Å². The van der Waals surface area contributed by atoms with Gasteiger partial charge in [0.05, 0.1) is 0 Å². The minimum absolute atomic E-state index is 0. The van der Waals surface area contributed by atoms with Crippen molar-refractivity contribution < 1.29 is 39.1 Å². The molecule has 5 heteroatoms. The van der Waals surface area contributed by atoms with E-state index in [1.165, 1.54) is 18.2 Å². The van der Waals surface area contributed by atoms with Gasteiger partial charge in [-0.3, -0.25) is 0 Å². The predicted octanol–water partition coefficient (Wildman–Crippen LogP) is -2.26. The topological polar surface area (TPSA) is 77.1 Å². The molecule has 0 aliphatic heterocycles. The Balaban J connectivity index is 0.00000112. The van der Waals surface area contributed by atoms with Crippen LogP contribution in [0.1, 0.15) is 5.56 Å². The molecule has 0 atom stereocenters.